The Hall–Kier alpha value is -5.56. The number of hydrogen-bond donors (Lipinski definition) is 6. The van der Waals surface area contributed by atoms with E-state index in [9.17, 15) is 15.3 Å². The number of aliphatic hydroxyl groups is 2. The number of hydrogen-bond acceptors (Lipinski definition) is 6. The summed E-state index contributed by atoms with van der Waals surface area (Å²) in [5, 5.41) is 51.9. The van der Waals surface area contributed by atoms with E-state index in [4.69, 9.17) is 15.3 Å². The molecule has 0 aliphatic heterocycles. The van der Waals surface area contributed by atoms with Gasteiger partial charge in [0.15, 0.2) is 0 Å². The number of phenolic OH excluding ortho intramolecular Hbond substituents is 4. The van der Waals surface area contributed by atoms with Crippen LogP contribution < -0.4 is 0 Å². The third-order valence-electron chi connectivity index (χ3n) is 6.78. The molecular weight excluding hydrogens is 588 g/mol. The lowest BCUT2D eigenvalue weighted by atomic mass is 10.0. The maximum absolute atomic E-state index is 9.58. The van der Waals surface area contributed by atoms with Crippen molar-refractivity contribution in [1.29, 1.82) is 0 Å². The van der Waals surface area contributed by atoms with Crippen LogP contribution in [0.2, 0.25) is 0 Å². The lowest BCUT2D eigenvalue weighted by Crippen LogP contribution is -1.88. The van der Waals surface area contributed by atoms with Gasteiger partial charge in [0, 0.05) is 27.1 Å². The summed E-state index contributed by atoms with van der Waals surface area (Å²) in [5.74, 6) is 1.10. The molecule has 6 aromatic rings. The van der Waals surface area contributed by atoms with Crippen LogP contribution in [0.1, 0.15) is 33.4 Å². The second kappa shape index (κ2) is 22.0. The first-order valence-corrected chi connectivity index (χ1v) is 15.0. The van der Waals surface area contributed by atoms with Crippen LogP contribution in [0.25, 0.3) is 0 Å². The van der Waals surface area contributed by atoms with Crippen LogP contribution in [0.3, 0.4) is 0 Å². The van der Waals surface area contributed by atoms with Crippen molar-refractivity contribution in [3.8, 4) is 23.0 Å². The Bertz CT molecular complexity index is 1590. The Morgan fingerprint density at radius 2 is 0.596 bits per heavy atom. The standard InChI is InChI=1S/2C13H12O2.C13H12.2CH4O/c14-12-7-3-1-5-10(12)9-11-6-2-4-8-13(11)15;14-12-7-5-10(6-8-12)9-11-3-1-2-4-13(11)15;1-3-7-12(8-4-1)11-13-9-5-2-6-10-13;2*1-2/h2*1-8,14-15H,9H2;1-10H,11H2;2*2H,1H3. The topological polar surface area (TPSA) is 121 Å². The zero-order valence-electron chi connectivity index (χ0n) is 26.8. The smallest absolute Gasteiger partial charge is 0.119 e. The summed E-state index contributed by atoms with van der Waals surface area (Å²) >= 11 is 0. The molecule has 0 atom stereocenters. The second-order valence-corrected chi connectivity index (χ2v) is 10.1. The van der Waals surface area contributed by atoms with Gasteiger partial charge in [-0.2, -0.15) is 0 Å². The third-order valence-corrected chi connectivity index (χ3v) is 6.78. The minimum Gasteiger partial charge on any atom is -0.508 e. The predicted molar refractivity (Wildman–Crippen MR) is 190 cm³/mol. The molecule has 0 radical (unpaired) electrons. The van der Waals surface area contributed by atoms with Crippen LogP contribution in [0.15, 0.2) is 158 Å². The highest BCUT2D eigenvalue weighted by atomic mass is 16.3. The molecule has 0 unspecified atom stereocenters. The summed E-state index contributed by atoms with van der Waals surface area (Å²) in [7, 11) is 2.00. The summed E-state index contributed by atoms with van der Waals surface area (Å²) in [4.78, 5) is 0. The van der Waals surface area contributed by atoms with Gasteiger partial charge in [-0.25, -0.2) is 0 Å². The van der Waals surface area contributed by atoms with E-state index in [0.29, 0.717) is 18.6 Å². The number of para-hydroxylation sites is 3. The summed E-state index contributed by atoms with van der Waals surface area (Å²) in [6.07, 6.45) is 2.24. The fourth-order valence-corrected chi connectivity index (χ4v) is 4.45. The van der Waals surface area contributed by atoms with E-state index < -0.39 is 0 Å². The average molecular weight is 633 g/mol. The van der Waals surface area contributed by atoms with E-state index >= 15 is 0 Å². The Morgan fingerprint density at radius 3 is 0.957 bits per heavy atom. The van der Waals surface area contributed by atoms with Crippen molar-refractivity contribution < 1.29 is 30.6 Å². The van der Waals surface area contributed by atoms with Crippen molar-refractivity contribution in [3.05, 3.63) is 191 Å². The van der Waals surface area contributed by atoms with Gasteiger partial charge < -0.3 is 30.6 Å². The van der Waals surface area contributed by atoms with Crippen molar-refractivity contribution in [2.24, 2.45) is 0 Å². The van der Waals surface area contributed by atoms with E-state index in [-0.39, 0.29) is 17.2 Å². The first kappa shape index (κ1) is 37.6. The van der Waals surface area contributed by atoms with Crippen LogP contribution in [-0.2, 0) is 19.3 Å². The van der Waals surface area contributed by atoms with Crippen LogP contribution in [0, 0.1) is 0 Å². The second-order valence-electron chi connectivity index (χ2n) is 10.1. The number of phenols is 4. The Kier molecular flexibility index (Phi) is 17.6. The zero-order chi connectivity index (χ0) is 34.3. The van der Waals surface area contributed by atoms with Crippen LogP contribution in [0.4, 0.5) is 0 Å². The van der Waals surface area contributed by atoms with Gasteiger partial charge in [-0.05, 0) is 70.1 Å². The Balaban J connectivity index is 0.000000233. The van der Waals surface area contributed by atoms with Gasteiger partial charge in [0.1, 0.15) is 23.0 Å². The van der Waals surface area contributed by atoms with Gasteiger partial charge in [-0.1, -0.05) is 127 Å². The van der Waals surface area contributed by atoms with Gasteiger partial charge in [0.05, 0.1) is 0 Å². The van der Waals surface area contributed by atoms with E-state index in [1.807, 2.05) is 48.5 Å². The first-order valence-electron chi connectivity index (χ1n) is 15.0. The van der Waals surface area contributed by atoms with E-state index in [1.165, 1.54) is 11.1 Å². The van der Waals surface area contributed by atoms with E-state index in [0.717, 1.165) is 42.9 Å². The molecule has 6 aromatic carbocycles. The lowest BCUT2D eigenvalue weighted by molar-refractivity contribution is 0.399. The minimum absolute atomic E-state index is 0.260. The summed E-state index contributed by atoms with van der Waals surface area (Å²) in [6, 6.07) is 49.6. The van der Waals surface area contributed by atoms with Crippen molar-refractivity contribution in [1.82, 2.24) is 0 Å². The molecule has 6 heteroatoms. The minimum atomic E-state index is 0.260. The highest BCUT2D eigenvalue weighted by Crippen LogP contribution is 2.24. The quantitative estimate of drug-likeness (QED) is 0.111. The predicted octanol–water partition coefficient (Wildman–Crippen LogP) is 7.87. The molecule has 0 heterocycles. The Labute approximate surface area is 277 Å². The van der Waals surface area contributed by atoms with Crippen molar-refractivity contribution in [3.63, 3.8) is 0 Å². The number of aliphatic hydroxyl groups excluding tert-OH is 2. The molecule has 0 spiro atoms. The average Bonchev–Trinajstić information content (AvgIpc) is 3.12. The molecule has 6 rings (SSSR count). The summed E-state index contributed by atoms with van der Waals surface area (Å²) < 4.78 is 0. The molecule has 47 heavy (non-hydrogen) atoms. The van der Waals surface area contributed by atoms with Gasteiger partial charge in [0.2, 0.25) is 0 Å². The van der Waals surface area contributed by atoms with E-state index in [2.05, 4.69) is 60.7 Å². The highest BCUT2D eigenvalue weighted by Gasteiger charge is 2.04. The zero-order valence-corrected chi connectivity index (χ0v) is 26.8. The van der Waals surface area contributed by atoms with Gasteiger partial charge in [-0.15, -0.1) is 0 Å². The molecule has 244 valence electrons. The lowest BCUT2D eigenvalue weighted by Gasteiger charge is -2.05. The molecule has 0 aliphatic carbocycles. The first-order chi connectivity index (χ1) is 23.0. The van der Waals surface area contributed by atoms with Crippen molar-refractivity contribution >= 4 is 0 Å². The van der Waals surface area contributed by atoms with Crippen molar-refractivity contribution in [2.45, 2.75) is 19.3 Å². The number of rotatable bonds is 6. The number of aromatic hydroxyl groups is 4. The molecule has 0 amide bonds. The molecule has 0 fully saturated rings. The normalized spacial score (nSPS) is 9.45. The largest absolute Gasteiger partial charge is 0.508 e. The highest BCUT2D eigenvalue weighted by molar-refractivity contribution is 5.41. The molecule has 0 aromatic heterocycles. The van der Waals surface area contributed by atoms with E-state index in [1.54, 1.807) is 48.5 Å². The molecule has 6 nitrogen and oxygen atoms in total. The molecule has 0 saturated carbocycles. The molecule has 0 saturated heterocycles. The van der Waals surface area contributed by atoms with Crippen LogP contribution >= 0.6 is 0 Å². The molecule has 6 N–H and O–H groups in total. The molecule has 0 aliphatic rings. The Morgan fingerprint density at radius 1 is 0.298 bits per heavy atom. The monoisotopic (exact) mass is 632 g/mol. The fraction of sp³-hybridized carbons (Fsp3) is 0.122. The fourth-order valence-electron chi connectivity index (χ4n) is 4.45. The van der Waals surface area contributed by atoms with Gasteiger partial charge in [-0.3, -0.25) is 0 Å². The maximum Gasteiger partial charge on any atom is 0.119 e. The SMILES string of the molecule is CO.CO.Oc1ccc(Cc2ccccc2O)cc1.Oc1ccccc1Cc1ccccc1O.c1ccc(Cc2ccccc2)cc1. The van der Waals surface area contributed by atoms with Crippen LogP contribution in [-0.4, -0.2) is 44.9 Å². The number of benzene rings is 6. The molecular formula is C41H44O6. The van der Waals surface area contributed by atoms with Crippen molar-refractivity contribution in [2.75, 3.05) is 14.2 Å². The van der Waals surface area contributed by atoms with Crippen LogP contribution in [0.5, 0.6) is 23.0 Å². The summed E-state index contributed by atoms with van der Waals surface area (Å²) in [5.41, 5.74) is 6.33. The van der Waals surface area contributed by atoms with Gasteiger partial charge >= 0.3 is 0 Å². The third kappa shape index (κ3) is 14.0. The summed E-state index contributed by atoms with van der Waals surface area (Å²) in [6.45, 7) is 0. The van der Waals surface area contributed by atoms with Gasteiger partial charge in [0.25, 0.3) is 0 Å². The maximum atomic E-state index is 9.58. The molecule has 0 bridgehead atoms.